The fourth-order valence-corrected chi connectivity index (χ4v) is 5.36. The molecule has 2 heteroatoms. The van der Waals surface area contributed by atoms with Gasteiger partial charge in [-0.15, -0.1) is 0 Å². The van der Waals surface area contributed by atoms with Crippen LogP contribution < -0.4 is 4.57 Å². The van der Waals surface area contributed by atoms with Gasteiger partial charge in [-0.05, 0) is 36.8 Å². The van der Waals surface area contributed by atoms with Crippen molar-refractivity contribution in [2.24, 2.45) is 0 Å². The van der Waals surface area contributed by atoms with E-state index < -0.39 is 0 Å². The van der Waals surface area contributed by atoms with E-state index in [1.807, 2.05) is 0 Å². The van der Waals surface area contributed by atoms with Gasteiger partial charge in [0.1, 0.15) is 12.4 Å². The highest BCUT2D eigenvalue weighted by molar-refractivity contribution is 5.32. The van der Waals surface area contributed by atoms with Crippen molar-refractivity contribution in [3.63, 3.8) is 0 Å². The number of nitrogens with one attached hydrogen (secondary N) is 1. The van der Waals surface area contributed by atoms with Crippen LogP contribution in [-0.2, 0) is 18.4 Å². The number of rotatable bonds is 15. The van der Waals surface area contributed by atoms with E-state index in [2.05, 4.69) is 103 Å². The van der Waals surface area contributed by atoms with E-state index >= 15 is 0 Å². The van der Waals surface area contributed by atoms with Crippen LogP contribution in [0, 0.1) is 0 Å². The standard InChI is InChI=1S/C31H44N2/c1-4-6-8-9-10-17-24-33-25-23-32-30(33)29(22-7-5-2)31(3,28-20-15-12-16-21-28)26-27-18-13-11-14-19-27/h11-16,18-21,23,25,29H,4-10,17,22,24,26H2,1-3H3/p+1. The summed E-state index contributed by atoms with van der Waals surface area (Å²) in [4.78, 5) is 3.70. The Morgan fingerprint density at radius 1 is 0.788 bits per heavy atom. The first kappa shape index (κ1) is 25.3. The molecule has 2 nitrogen and oxygen atoms in total. The fourth-order valence-electron chi connectivity index (χ4n) is 5.36. The first-order valence-electron chi connectivity index (χ1n) is 13.3. The molecule has 1 heterocycles. The second-order valence-corrected chi connectivity index (χ2v) is 9.95. The first-order chi connectivity index (χ1) is 16.2. The zero-order chi connectivity index (χ0) is 23.4. The maximum absolute atomic E-state index is 3.70. The number of H-pyrrole nitrogens is 1. The second kappa shape index (κ2) is 13.4. The van der Waals surface area contributed by atoms with Crippen LogP contribution in [0.15, 0.2) is 73.1 Å². The van der Waals surface area contributed by atoms with Gasteiger partial charge in [-0.3, -0.25) is 0 Å². The third-order valence-electron chi connectivity index (χ3n) is 7.34. The number of aromatic amines is 1. The minimum atomic E-state index is 0.0194. The highest BCUT2D eigenvalue weighted by Crippen LogP contribution is 2.43. The van der Waals surface area contributed by atoms with Gasteiger partial charge in [-0.25, -0.2) is 9.55 Å². The molecule has 33 heavy (non-hydrogen) atoms. The molecule has 0 bridgehead atoms. The number of hydrogen-bond donors (Lipinski definition) is 1. The molecule has 3 aromatic rings. The molecular formula is C31H45N2+. The zero-order valence-electron chi connectivity index (χ0n) is 21.2. The monoisotopic (exact) mass is 445 g/mol. The Balaban J connectivity index is 1.89. The number of imidazole rings is 1. The predicted octanol–water partition coefficient (Wildman–Crippen LogP) is 8.14. The molecule has 0 spiro atoms. The number of unbranched alkanes of at least 4 members (excludes halogenated alkanes) is 6. The summed E-state index contributed by atoms with van der Waals surface area (Å²) in [6.45, 7) is 8.21. The number of aryl methyl sites for hydroxylation is 1. The number of aromatic nitrogens is 2. The van der Waals surface area contributed by atoms with Crippen LogP contribution in [0.2, 0.25) is 0 Å². The maximum atomic E-state index is 3.70. The highest BCUT2D eigenvalue weighted by atomic mass is 15.1. The van der Waals surface area contributed by atoms with Crippen molar-refractivity contribution < 1.29 is 4.57 Å². The zero-order valence-corrected chi connectivity index (χ0v) is 21.2. The minimum absolute atomic E-state index is 0.0194. The van der Waals surface area contributed by atoms with E-state index in [-0.39, 0.29) is 5.41 Å². The van der Waals surface area contributed by atoms with Crippen LogP contribution >= 0.6 is 0 Å². The van der Waals surface area contributed by atoms with Crippen molar-refractivity contribution in [1.82, 2.24) is 4.98 Å². The minimum Gasteiger partial charge on any atom is -0.247 e. The molecule has 3 rings (SSSR count). The molecule has 0 fully saturated rings. The van der Waals surface area contributed by atoms with E-state index in [1.54, 1.807) is 0 Å². The van der Waals surface area contributed by atoms with Crippen LogP contribution in [0.5, 0.6) is 0 Å². The van der Waals surface area contributed by atoms with E-state index in [4.69, 9.17) is 0 Å². The van der Waals surface area contributed by atoms with Gasteiger partial charge in [0.2, 0.25) is 0 Å². The van der Waals surface area contributed by atoms with Gasteiger partial charge in [0, 0.05) is 5.41 Å². The molecule has 0 saturated heterocycles. The second-order valence-electron chi connectivity index (χ2n) is 9.95. The van der Waals surface area contributed by atoms with Crippen molar-refractivity contribution in [3.8, 4) is 0 Å². The molecule has 2 unspecified atom stereocenters. The van der Waals surface area contributed by atoms with Gasteiger partial charge in [-0.1, -0.05) is 120 Å². The van der Waals surface area contributed by atoms with Crippen molar-refractivity contribution >= 4 is 0 Å². The average Bonchev–Trinajstić information content (AvgIpc) is 3.31. The highest BCUT2D eigenvalue weighted by Gasteiger charge is 2.41. The smallest absolute Gasteiger partial charge is 0.247 e. The molecule has 0 saturated carbocycles. The molecule has 0 aliphatic carbocycles. The lowest BCUT2D eigenvalue weighted by atomic mass is 9.66. The molecular weight excluding hydrogens is 400 g/mol. The lowest BCUT2D eigenvalue weighted by Crippen LogP contribution is -2.43. The van der Waals surface area contributed by atoms with Crippen molar-refractivity contribution in [2.45, 2.75) is 103 Å². The number of hydrogen-bond acceptors (Lipinski definition) is 0. The summed E-state index contributed by atoms with van der Waals surface area (Å²) in [5.41, 5.74) is 2.88. The summed E-state index contributed by atoms with van der Waals surface area (Å²) >= 11 is 0. The maximum Gasteiger partial charge on any atom is 0.258 e. The van der Waals surface area contributed by atoms with Crippen LogP contribution in [0.4, 0.5) is 0 Å². The Morgan fingerprint density at radius 3 is 2.12 bits per heavy atom. The van der Waals surface area contributed by atoms with Gasteiger partial charge >= 0.3 is 0 Å². The van der Waals surface area contributed by atoms with Crippen molar-refractivity contribution in [3.05, 3.63) is 90.0 Å². The Hall–Kier alpha value is -2.35. The van der Waals surface area contributed by atoms with Gasteiger partial charge in [0.05, 0.1) is 12.5 Å². The third-order valence-corrected chi connectivity index (χ3v) is 7.34. The number of nitrogens with zero attached hydrogens (tertiary/aromatic N) is 1. The van der Waals surface area contributed by atoms with E-state index in [0.29, 0.717) is 5.92 Å². The largest absolute Gasteiger partial charge is 0.258 e. The molecule has 0 radical (unpaired) electrons. The molecule has 1 aromatic heterocycles. The Kier molecular flexibility index (Phi) is 10.2. The summed E-state index contributed by atoms with van der Waals surface area (Å²) in [6.07, 6.45) is 17.2. The summed E-state index contributed by atoms with van der Waals surface area (Å²) in [5.74, 6) is 1.84. The van der Waals surface area contributed by atoms with Crippen molar-refractivity contribution in [1.29, 1.82) is 0 Å². The number of benzene rings is 2. The van der Waals surface area contributed by atoms with Crippen LogP contribution in [0.1, 0.15) is 101 Å². The summed E-state index contributed by atoms with van der Waals surface area (Å²) in [6, 6.07) is 22.3. The molecule has 1 N–H and O–H groups in total. The van der Waals surface area contributed by atoms with Crippen LogP contribution in [0.3, 0.4) is 0 Å². The van der Waals surface area contributed by atoms with Gasteiger partial charge < -0.3 is 0 Å². The summed E-state index contributed by atoms with van der Waals surface area (Å²) in [5, 5.41) is 0. The van der Waals surface area contributed by atoms with Crippen molar-refractivity contribution in [2.75, 3.05) is 0 Å². The Labute approximate surface area is 202 Å². The van der Waals surface area contributed by atoms with E-state index in [1.165, 1.54) is 74.7 Å². The summed E-state index contributed by atoms with van der Waals surface area (Å²) < 4.78 is 2.52. The summed E-state index contributed by atoms with van der Waals surface area (Å²) in [7, 11) is 0. The normalized spacial score (nSPS) is 14.2. The van der Waals surface area contributed by atoms with Gasteiger partial charge in [0.15, 0.2) is 0 Å². The molecule has 2 aromatic carbocycles. The topological polar surface area (TPSA) is 19.7 Å². The molecule has 0 aliphatic heterocycles. The van der Waals surface area contributed by atoms with E-state index in [9.17, 15) is 0 Å². The lowest BCUT2D eigenvalue weighted by Gasteiger charge is -2.37. The van der Waals surface area contributed by atoms with E-state index in [0.717, 1.165) is 13.0 Å². The fraction of sp³-hybridized carbons (Fsp3) is 0.516. The molecule has 178 valence electrons. The van der Waals surface area contributed by atoms with Crippen LogP contribution in [0.25, 0.3) is 0 Å². The third kappa shape index (κ3) is 7.06. The Morgan fingerprint density at radius 2 is 1.42 bits per heavy atom. The van der Waals surface area contributed by atoms with Gasteiger partial charge in [-0.2, -0.15) is 0 Å². The quantitative estimate of drug-likeness (QED) is 0.180. The molecule has 2 atom stereocenters. The first-order valence-corrected chi connectivity index (χ1v) is 13.3. The lowest BCUT2D eigenvalue weighted by molar-refractivity contribution is -0.705. The molecule has 0 amide bonds. The van der Waals surface area contributed by atoms with Crippen LogP contribution in [-0.4, -0.2) is 4.98 Å². The molecule has 0 aliphatic rings. The Bertz CT molecular complexity index is 899. The van der Waals surface area contributed by atoms with Gasteiger partial charge in [0.25, 0.3) is 5.82 Å². The average molecular weight is 446 g/mol. The SMILES string of the molecule is CCCCCCCC[n+]1cc[nH]c1C(CCCC)C(C)(Cc1ccccc1)c1ccccc1. The predicted molar refractivity (Wildman–Crippen MR) is 141 cm³/mol.